The Bertz CT molecular complexity index is 1580. The third kappa shape index (κ3) is 3.33. The van der Waals surface area contributed by atoms with Gasteiger partial charge in [-0.3, -0.25) is 9.78 Å². The number of aromatic hydroxyl groups is 1. The number of nitrogens with zero attached hydrogens (tertiary/aromatic N) is 3. The summed E-state index contributed by atoms with van der Waals surface area (Å²) in [6, 6.07) is 12.8. The summed E-state index contributed by atoms with van der Waals surface area (Å²) >= 11 is 13.1. The zero-order valence-electron chi connectivity index (χ0n) is 14.5. The van der Waals surface area contributed by atoms with Crippen LogP contribution in [0.3, 0.4) is 0 Å². The predicted molar refractivity (Wildman–Crippen MR) is 113 cm³/mol. The molecule has 29 heavy (non-hydrogen) atoms. The molecule has 0 unspecified atom stereocenters. The second-order valence-electron chi connectivity index (χ2n) is 6.32. The van der Waals surface area contributed by atoms with Crippen molar-refractivity contribution in [1.82, 2.24) is 9.97 Å². The van der Waals surface area contributed by atoms with Gasteiger partial charge in [0.05, 0.1) is 31.2 Å². The summed E-state index contributed by atoms with van der Waals surface area (Å²) in [5.74, 6) is 0.368. The van der Waals surface area contributed by atoms with Gasteiger partial charge < -0.3 is 5.11 Å². The van der Waals surface area contributed by atoms with Crippen molar-refractivity contribution < 1.29 is 5.11 Å². The molecule has 0 atom stereocenters. The minimum atomic E-state index is -0.300. The Hall–Kier alpha value is -3.00. The minimum Gasteiger partial charge on any atom is -0.493 e. The molecule has 0 saturated heterocycles. The smallest absolute Gasteiger partial charge is 0.307 e. The molecular formula is C20H10Cl2N4O2S. The SMILES string of the molecule is O=c1[nH]c(O)c(C=c2ccc3nc(=C4N=c5cc(Cl)c(Cl)cc5=N4)ccc3c2)s1. The highest BCUT2D eigenvalue weighted by molar-refractivity contribution is 7.10. The average molecular weight is 441 g/mol. The molecule has 1 aliphatic heterocycles. The van der Waals surface area contributed by atoms with Gasteiger partial charge in [-0.15, -0.1) is 0 Å². The van der Waals surface area contributed by atoms with Gasteiger partial charge in [-0.25, -0.2) is 15.0 Å². The van der Waals surface area contributed by atoms with Crippen LogP contribution in [-0.2, 0) is 0 Å². The zero-order chi connectivity index (χ0) is 20.1. The lowest BCUT2D eigenvalue weighted by Crippen LogP contribution is -2.20. The predicted octanol–water partition coefficient (Wildman–Crippen LogP) is 1.84. The van der Waals surface area contributed by atoms with Gasteiger partial charge in [-0.1, -0.05) is 46.7 Å². The fraction of sp³-hybridized carbons (Fsp3) is 0. The number of rotatable bonds is 1. The lowest BCUT2D eigenvalue weighted by atomic mass is 10.2. The lowest BCUT2D eigenvalue weighted by Gasteiger charge is -1.98. The van der Waals surface area contributed by atoms with Gasteiger partial charge in [-0.05, 0) is 41.6 Å². The van der Waals surface area contributed by atoms with Crippen LogP contribution in [0.4, 0.5) is 0 Å². The van der Waals surface area contributed by atoms with Crippen LogP contribution in [0.2, 0.25) is 10.0 Å². The van der Waals surface area contributed by atoms with Gasteiger partial charge >= 0.3 is 4.87 Å². The number of hydrogen-bond acceptors (Lipinski definition) is 6. The van der Waals surface area contributed by atoms with Crippen LogP contribution in [0, 0.1) is 0 Å². The van der Waals surface area contributed by atoms with E-state index in [9.17, 15) is 9.90 Å². The van der Waals surface area contributed by atoms with Crippen molar-refractivity contribution in [1.29, 1.82) is 0 Å². The van der Waals surface area contributed by atoms with Crippen molar-refractivity contribution in [2.24, 2.45) is 9.98 Å². The first-order valence-corrected chi connectivity index (χ1v) is 10.0. The fourth-order valence-corrected chi connectivity index (χ4v) is 4.02. The van der Waals surface area contributed by atoms with Gasteiger partial charge in [0.2, 0.25) is 5.88 Å². The van der Waals surface area contributed by atoms with E-state index in [-0.39, 0.29) is 10.8 Å². The molecule has 6 nitrogen and oxygen atoms in total. The van der Waals surface area contributed by atoms with Crippen LogP contribution in [0.25, 0.3) is 22.8 Å². The van der Waals surface area contributed by atoms with Crippen molar-refractivity contribution >= 4 is 57.3 Å². The fourth-order valence-electron chi connectivity index (χ4n) is 3.01. The number of aromatic amines is 1. The van der Waals surface area contributed by atoms with E-state index in [1.807, 2.05) is 30.3 Å². The maximum Gasteiger partial charge on any atom is 0.307 e. The second-order valence-corrected chi connectivity index (χ2v) is 8.15. The Morgan fingerprint density at radius 3 is 2.38 bits per heavy atom. The number of H-pyrrole nitrogens is 1. The van der Waals surface area contributed by atoms with Crippen molar-refractivity contribution in [2.75, 3.05) is 0 Å². The van der Waals surface area contributed by atoms with E-state index in [0.717, 1.165) is 27.5 Å². The number of benzene rings is 2. The Morgan fingerprint density at radius 2 is 1.72 bits per heavy atom. The van der Waals surface area contributed by atoms with Gasteiger partial charge in [0.25, 0.3) is 0 Å². The third-order valence-corrected chi connectivity index (χ3v) is 5.91. The first-order chi connectivity index (χ1) is 14.0. The quantitative estimate of drug-likeness (QED) is 0.473. The number of pyridine rings is 1. The Kier molecular flexibility index (Phi) is 4.24. The van der Waals surface area contributed by atoms with Crippen LogP contribution in [0.15, 0.2) is 57.2 Å². The van der Waals surface area contributed by atoms with Crippen molar-refractivity contribution in [3.05, 3.63) is 88.3 Å². The molecule has 0 saturated carbocycles. The molecule has 2 aromatic carbocycles. The van der Waals surface area contributed by atoms with E-state index in [0.29, 0.717) is 36.8 Å². The Morgan fingerprint density at radius 1 is 1.00 bits per heavy atom. The highest BCUT2D eigenvalue weighted by Gasteiger charge is 2.08. The second kappa shape index (κ2) is 6.81. The molecule has 142 valence electrons. The molecule has 0 spiro atoms. The van der Waals surface area contributed by atoms with Crippen molar-refractivity contribution in [3.63, 3.8) is 0 Å². The maximum atomic E-state index is 11.3. The minimum absolute atomic E-state index is 0.130. The largest absolute Gasteiger partial charge is 0.493 e. The number of nitrogens with one attached hydrogen (secondary N) is 1. The highest BCUT2D eigenvalue weighted by Crippen LogP contribution is 2.18. The number of hydrogen-bond donors (Lipinski definition) is 2. The standard InChI is InChI=1S/C20H10Cl2N4O2S/c21-11-7-15-16(8-12(11)22)25-18(24-15)14-4-2-10-5-9(1-3-13(10)23-14)6-17-19(27)26-20(28)29-17/h1-8,27H,(H,26,28). The van der Waals surface area contributed by atoms with Gasteiger partial charge in [0.1, 0.15) is 5.35 Å². The third-order valence-electron chi connectivity index (χ3n) is 4.37. The van der Waals surface area contributed by atoms with Crippen LogP contribution in [0.1, 0.15) is 4.88 Å². The molecule has 9 heteroatoms. The molecule has 4 aromatic rings. The highest BCUT2D eigenvalue weighted by atomic mass is 35.5. The van der Waals surface area contributed by atoms with E-state index < -0.39 is 0 Å². The molecule has 0 amide bonds. The molecule has 0 aliphatic carbocycles. The average Bonchev–Trinajstić information content (AvgIpc) is 3.24. The molecule has 0 bridgehead atoms. The van der Waals surface area contributed by atoms with Crippen molar-refractivity contribution in [3.8, 4) is 5.88 Å². The number of thiazole rings is 1. The normalized spacial score (nSPS) is 13.4. The van der Waals surface area contributed by atoms with Crippen LogP contribution in [-0.4, -0.2) is 15.1 Å². The molecule has 5 rings (SSSR count). The van der Waals surface area contributed by atoms with Crippen LogP contribution in [0.5, 0.6) is 5.88 Å². The Labute approximate surface area is 176 Å². The zero-order valence-corrected chi connectivity index (χ0v) is 16.8. The van der Waals surface area contributed by atoms with Crippen molar-refractivity contribution in [2.45, 2.75) is 0 Å². The topological polar surface area (TPSA) is 90.7 Å². The number of fused-ring (bicyclic) bond motifs is 2. The molecule has 2 aromatic heterocycles. The van der Waals surface area contributed by atoms with E-state index in [2.05, 4.69) is 20.0 Å². The summed E-state index contributed by atoms with van der Waals surface area (Å²) in [4.78, 5) is 27.5. The van der Waals surface area contributed by atoms with E-state index >= 15 is 0 Å². The van der Waals surface area contributed by atoms with Crippen LogP contribution >= 0.6 is 34.5 Å². The van der Waals surface area contributed by atoms with Gasteiger partial charge in [0, 0.05) is 5.39 Å². The summed E-state index contributed by atoms with van der Waals surface area (Å²) in [7, 11) is 0. The van der Waals surface area contributed by atoms with E-state index in [4.69, 9.17) is 23.2 Å². The molecule has 0 fully saturated rings. The van der Waals surface area contributed by atoms with E-state index in [1.165, 1.54) is 0 Å². The monoisotopic (exact) mass is 440 g/mol. The molecular weight excluding hydrogens is 431 g/mol. The molecule has 1 aliphatic rings. The summed E-state index contributed by atoms with van der Waals surface area (Å²) < 4.78 is 0. The lowest BCUT2D eigenvalue weighted by molar-refractivity contribution is 0.455. The molecule has 0 radical (unpaired) electrons. The molecule has 2 N–H and O–H groups in total. The first kappa shape index (κ1) is 18.1. The summed E-state index contributed by atoms with van der Waals surface area (Å²) in [5, 5.41) is 14.3. The summed E-state index contributed by atoms with van der Waals surface area (Å²) in [5.41, 5.74) is 0.774. The molecule has 3 heterocycles. The van der Waals surface area contributed by atoms with Crippen LogP contribution < -0.4 is 26.2 Å². The van der Waals surface area contributed by atoms with E-state index in [1.54, 1.807) is 18.2 Å². The van der Waals surface area contributed by atoms with Gasteiger partial charge in [-0.2, -0.15) is 0 Å². The number of halogens is 2. The summed E-state index contributed by atoms with van der Waals surface area (Å²) in [6.45, 7) is 0. The first-order valence-electron chi connectivity index (χ1n) is 8.44. The maximum absolute atomic E-state index is 11.3. The number of aromatic nitrogens is 2. The summed E-state index contributed by atoms with van der Waals surface area (Å²) in [6.07, 6.45) is 1.74. The Balaban J connectivity index is 1.64. The van der Waals surface area contributed by atoms with Gasteiger partial charge in [0.15, 0.2) is 5.82 Å².